The van der Waals surface area contributed by atoms with Gasteiger partial charge >= 0.3 is 0 Å². The van der Waals surface area contributed by atoms with Crippen molar-refractivity contribution in [2.24, 2.45) is 0 Å². The zero-order valence-electron chi connectivity index (χ0n) is 9.89. The first-order valence-electron chi connectivity index (χ1n) is 5.68. The van der Waals surface area contributed by atoms with Crippen LogP contribution in [0, 0.1) is 11.3 Å². The Bertz CT molecular complexity index is 433. The summed E-state index contributed by atoms with van der Waals surface area (Å²) in [5, 5.41) is 8.75. The van der Waals surface area contributed by atoms with Crippen LogP contribution in [0.2, 0.25) is 0 Å². The number of pyridine rings is 1. The van der Waals surface area contributed by atoms with E-state index in [4.69, 9.17) is 15.7 Å². The molecule has 2 rings (SSSR count). The lowest BCUT2D eigenvalue weighted by molar-refractivity contribution is 0.0818. The number of hydrogen-bond acceptors (Lipinski definition) is 5. The summed E-state index contributed by atoms with van der Waals surface area (Å²) in [6.45, 7) is 1.78. The summed E-state index contributed by atoms with van der Waals surface area (Å²) in [5.41, 5.74) is 6.98. The Morgan fingerprint density at radius 2 is 2.24 bits per heavy atom. The molecule has 0 unspecified atom stereocenters. The Morgan fingerprint density at radius 3 is 2.76 bits per heavy atom. The molecule has 90 valence electrons. The van der Waals surface area contributed by atoms with Crippen molar-refractivity contribution in [3.05, 3.63) is 17.8 Å². The van der Waals surface area contributed by atoms with Crippen LogP contribution in [0.5, 0.6) is 0 Å². The predicted octanol–water partition coefficient (Wildman–Crippen LogP) is 1.15. The quantitative estimate of drug-likeness (QED) is 0.827. The maximum Gasteiger partial charge on any atom is 0.151 e. The van der Waals surface area contributed by atoms with Crippen molar-refractivity contribution in [3.63, 3.8) is 0 Å². The van der Waals surface area contributed by atoms with Crippen LogP contribution < -0.4 is 10.6 Å². The fourth-order valence-corrected chi connectivity index (χ4v) is 2.10. The molecule has 1 fully saturated rings. The van der Waals surface area contributed by atoms with Crippen LogP contribution in [0.1, 0.15) is 18.4 Å². The molecule has 0 saturated carbocycles. The number of anilines is 2. The third kappa shape index (κ3) is 2.48. The molecule has 1 aromatic rings. The number of ether oxygens (including phenoxy) is 1. The summed E-state index contributed by atoms with van der Waals surface area (Å²) >= 11 is 0. The first-order chi connectivity index (χ1) is 8.24. The molecule has 1 saturated heterocycles. The van der Waals surface area contributed by atoms with E-state index in [-0.39, 0.29) is 0 Å². The molecule has 5 heteroatoms. The normalized spacial score (nSPS) is 16.8. The van der Waals surface area contributed by atoms with E-state index >= 15 is 0 Å². The summed E-state index contributed by atoms with van der Waals surface area (Å²) < 4.78 is 5.32. The van der Waals surface area contributed by atoms with Gasteiger partial charge in [-0.2, -0.15) is 5.26 Å². The molecule has 1 aliphatic heterocycles. The molecule has 2 N–H and O–H groups in total. The molecule has 2 heterocycles. The number of rotatable bonds is 2. The van der Waals surface area contributed by atoms with Gasteiger partial charge in [-0.3, -0.25) is 0 Å². The van der Waals surface area contributed by atoms with Crippen LogP contribution >= 0.6 is 0 Å². The predicted molar refractivity (Wildman–Crippen MR) is 65.6 cm³/mol. The first-order valence-corrected chi connectivity index (χ1v) is 5.68. The number of nitriles is 1. The fraction of sp³-hybridized carbons (Fsp3) is 0.500. The molecular formula is C12H16N4O. The third-order valence-corrected chi connectivity index (χ3v) is 3.10. The number of nitrogens with two attached hydrogens (primary N) is 1. The van der Waals surface area contributed by atoms with E-state index in [1.165, 1.54) is 0 Å². The summed E-state index contributed by atoms with van der Waals surface area (Å²) in [5.74, 6) is 0.776. The highest BCUT2D eigenvalue weighted by molar-refractivity contribution is 5.64. The van der Waals surface area contributed by atoms with E-state index < -0.39 is 0 Å². The number of aromatic nitrogens is 1. The van der Waals surface area contributed by atoms with Crippen molar-refractivity contribution >= 4 is 11.5 Å². The zero-order chi connectivity index (χ0) is 12.3. The number of piperidine rings is 1. The highest BCUT2D eigenvalue weighted by atomic mass is 16.5. The SMILES string of the molecule is COC1CCN(c2ncc(C#N)cc2N)CC1. The molecule has 0 atom stereocenters. The minimum absolute atomic E-state index is 0.339. The lowest BCUT2D eigenvalue weighted by atomic mass is 10.1. The topological polar surface area (TPSA) is 75.2 Å². The second-order valence-electron chi connectivity index (χ2n) is 4.17. The van der Waals surface area contributed by atoms with Crippen LogP contribution in [0.4, 0.5) is 11.5 Å². The highest BCUT2D eigenvalue weighted by Crippen LogP contribution is 2.25. The van der Waals surface area contributed by atoms with Crippen molar-refractivity contribution in [2.45, 2.75) is 18.9 Å². The zero-order valence-corrected chi connectivity index (χ0v) is 9.89. The van der Waals surface area contributed by atoms with Gasteiger partial charge < -0.3 is 15.4 Å². The second-order valence-corrected chi connectivity index (χ2v) is 4.17. The molecule has 0 amide bonds. The average Bonchev–Trinajstić information content (AvgIpc) is 2.39. The number of nitrogen functional groups attached to an aromatic ring is 1. The van der Waals surface area contributed by atoms with Crippen molar-refractivity contribution in [2.75, 3.05) is 30.8 Å². The maximum atomic E-state index is 8.75. The van der Waals surface area contributed by atoms with E-state index in [1.807, 2.05) is 6.07 Å². The second kappa shape index (κ2) is 5.02. The van der Waals surface area contributed by atoms with E-state index in [0.717, 1.165) is 31.7 Å². The minimum atomic E-state index is 0.339. The lowest BCUT2D eigenvalue weighted by Crippen LogP contribution is -2.37. The molecule has 0 bridgehead atoms. The first kappa shape index (κ1) is 11.7. The third-order valence-electron chi connectivity index (χ3n) is 3.10. The van der Waals surface area contributed by atoms with Crippen molar-refractivity contribution < 1.29 is 4.74 Å². The van der Waals surface area contributed by atoms with Gasteiger partial charge in [0.15, 0.2) is 5.82 Å². The molecule has 1 aliphatic rings. The molecule has 1 aromatic heterocycles. The lowest BCUT2D eigenvalue weighted by Gasteiger charge is -2.32. The Labute approximate surface area is 101 Å². The summed E-state index contributed by atoms with van der Waals surface area (Å²) in [6, 6.07) is 3.70. The van der Waals surface area contributed by atoms with Gasteiger partial charge in [0.1, 0.15) is 6.07 Å². The smallest absolute Gasteiger partial charge is 0.151 e. The van der Waals surface area contributed by atoms with Gasteiger partial charge in [0.25, 0.3) is 0 Å². The largest absolute Gasteiger partial charge is 0.396 e. The van der Waals surface area contributed by atoms with Crippen LogP contribution in [-0.2, 0) is 4.74 Å². The number of hydrogen-bond donors (Lipinski definition) is 1. The number of methoxy groups -OCH3 is 1. The van der Waals surface area contributed by atoms with Crippen LogP contribution in [0.15, 0.2) is 12.3 Å². The summed E-state index contributed by atoms with van der Waals surface area (Å²) in [7, 11) is 1.74. The molecule has 17 heavy (non-hydrogen) atoms. The van der Waals surface area contributed by atoms with Gasteiger partial charge in [-0.1, -0.05) is 0 Å². The van der Waals surface area contributed by atoms with Crippen LogP contribution in [0.3, 0.4) is 0 Å². The van der Waals surface area contributed by atoms with Gasteiger partial charge in [-0.25, -0.2) is 4.98 Å². The van der Waals surface area contributed by atoms with Crippen LogP contribution in [-0.4, -0.2) is 31.3 Å². The Hall–Kier alpha value is -1.80. The maximum absolute atomic E-state index is 8.75. The van der Waals surface area contributed by atoms with Gasteiger partial charge in [0, 0.05) is 26.4 Å². The fourth-order valence-electron chi connectivity index (χ4n) is 2.10. The summed E-state index contributed by atoms with van der Waals surface area (Å²) in [6.07, 6.45) is 3.87. The van der Waals surface area contributed by atoms with E-state index in [0.29, 0.717) is 17.4 Å². The molecule has 0 aromatic carbocycles. The minimum Gasteiger partial charge on any atom is -0.396 e. The molecule has 0 spiro atoms. The van der Waals surface area contributed by atoms with Gasteiger partial charge in [0.05, 0.1) is 17.4 Å². The Kier molecular flexibility index (Phi) is 3.45. The summed E-state index contributed by atoms with van der Waals surface area (Å²) in [4.78, 5) is 6.41. The van der Waals surface area contributed by atoms with Crippen molar-refractivity contribution in [1.29, 1.82) is 5.26 Å². The van der Waals surface area contributed by atoms with Gasteiger partial charge in [-0.15, -0.1) is 0 Å². The van der Waals surface area contributed by atoms with E-state index in [1.54, 1.807) is 19.4 Å². The molecule has 0 radical (unpaired) electrons. The van der Waals surface area contributed by atoms with E-state index in [2.05, 4.69) is 9.88 Å². The van der Waals surface area contributed by atoms with E-state index in [9.17, 15) is 0 Å². The Morgan fingerprint density at radius 1 is 1.53 bits per heavy atom. The van der Waals surface area contributed by atoms with Crippen molar-refractivity contribution in [3.8, 4) is 6.07 Å². The van der Waals surface area contributed by atoms with Gasteiger partial charge in [-0.05, 0) is 18.9 Å². The molecule has 0 aliphatic carbocycles. The molecule has 5 nitrogen and oxygen atoms in total. The molecular weight excluding hydrogens is 216 g/mol. The average molecular weight is 232 g/mol. The van der Waals surface area contributed by atoms with Gasteiger partial charge in [0.2, 0.25) is 0 Å². The monoisotopic (exact) mass is 232 g/mol. The standard InChI is InChI=1S/C12H16N4O/c1-17-10-2-4-16(5-3-10)12-11(14)6-9(7-13)8-15-12/h6,8,10H,2-5,14H2,1H3. The van der Waals surface area contributed by atoms with Crippen molar-refractivity contribution in [1.82, 2.24) is 4.98 Å². The highest BCUT2D eigenvalue weighted by Gasteiger charge is 2.21. The van der Waals surface area contributed by atoms with Crippen LogP contribution in [0.25, 0.3) is 0 Å². The number of nitrogens with zero attached hydrogens (tertiary/aromatic N) is 3. The Balaban J connectivity index is 2.11.